The van der Waals surface area contributed by atoms with E-state index in [-0.39, 0.29) is 36.1 Å². The lowest BCUT2D eigenvalue weighted by Gasteiger charge is -2.22. The number of hydrogen-bond acceptors (Lipinski definition) is 4. The smallest absolute Gasteiger partial charge is 0.249 e. The third kappa shape index (κ3) is 2.93. The molecule has 0 radical (unpaired) electrons. The van der Waals surface area contributed by atoms with E-state index in [2.05, 4.69) is 9.97 Å². The molecule has 0 aliphatic carbocycles. The molecule has 2 rings (SSSR count). The molecular formula is C11H12ClF2N3O. The van der Waals surface area contributed by atoms with Crippen LogP contribution < -0.4 is 4.90 Å². The number of aldehydes is 1. The maximum Gasteiger partial charge on any atom is 0.249 e. The highest BCUT2D eigenvalue weighted by molar-refractivity contribution is 6.29. The first-order valence-electron chi connectivity index (χ1n) is 5.62. The zero-order valence-electron chi connectivity index (χ0n) is 9.57. The molecule has 0 spiro atoms. The molecule has 1 aromatic rings. The standard InChI is InChI=1S/C11H12ClF2N3O/c12-9-6-15-8(7-18)10(16-9)17-4-1-2-11(13,14)3-5-17/h6-7H,1-5H2. The van der Waals surface area contributed by atoms with Crippen molar-refractivity contribution in [3.63, 3.8) is 0 Å². The molecule has 1 fully saturated rings. The summed E-state index contributed by atoms with van der Waals surface area (Å²) in [6.07, 6.45) is 1.77. The second-order valence-corrected chi connectivity index (χ2v) is 4.60. The Morgan fingerprint density at radius 3 is 2.89 bits per heavy atom. The van der Waals surface area contributed by atoms with Gasteiger partial charge in [-0.15, -0.1) is 0 Å². The van der Waals surface area contributed by atoms with Crippen molar-refractivity contribution in [2.45, 2.75) is 25.2 Å². The fourth-order valence-corrected chi connectivity index (χ4v) is 2.09. The summed E-state index contributed by atoms with van der Waals surface area (Å²) in [5, 5.41) is 0.145. The number of hydrogen-bond donors (Lipinski definition) is 0. The van der Waals surface area contributed by atoms with Gasteiger partial charge in [0, 0.05) is 25.9 Å². The Bertz CT molecular complexity index is 456. The van der Waals surface area contributed by atoms with E-state index in [0.29, 0.717) is 19.3 Å². The van der Waals surface area contributed by atoms with Gasteiger partial charge in [-0.05, 0) is 6.42 Å². The molecule has 4 nitrogen and oxygen atoms in total. The predicted molar refractivity (Wildman–Crippen MR) is 63.4 cm³/mol. The molecule has 1 aliphatic heterocycles. The SMILES string of the molecule is O=Cc1ncc(Cl)nc1N1CCCC(F)(F)CC1. The van der Waals surface area contributed by atoms with E-state index < -0.39 is 5.92 Å². The maximum absolute atomic E-state index is 13.3. The van der Waals surface area contributed by atoms with Gasteiger partial charge in [-0.1, -0.05) is 11.6 Å². The Morgan fingerprint density at radius 1 is 1.39 bits per heavy atom. The van der Waals surface area contributed by atoms with Gasteiger partial charge in [0.25, 0.3) is 0 Å². The fourth-order valence-electron chi connectivity index (χ4n) is 1.96. The van der Waals surface area contributed by atoms with Crippen LogP contribution in [0.1, 0.15) is 29.8 Å². The molecule has 0 N–H and O–H groups in total. The summed E-state index contributed by atoms with van der Waals surface area (Å²) in [7, 11) is 0. The number of anilines is 1. The maximum atomic E-state index is 13.3. The Kier molecular flexibility index (Phi) is 3.75. The molecule has 1 saturated heterocycles. The molecule has 0 unspecified atom stereocenters. The summed E-state index contributed by atoms with van der Waals surface area (Å²) >= 11 is 5.73. The van der Waals surface area contributed by atoms with Gasteiger partial charge >= 0.3 is 0 Å². The third-order valence-corrected chi connectivity index (χ3v) is 3.06. The van der Waals surface area contributed by atoms with Crippen LogP contribution in [0.15, 0.2) is 6.20 Å². The van der Waals surface area contributed by atoms with Gasteiger partial charge in [0.15, 0.2) is 12.1 Å². The molecule has 0 bridgehead atoms. The predicted octanol–water partition coefficient (Wildman–Crippen LogP) is 2.57. The normalized spacial score (nSPS) is 19.4. The van der Waals surface area contributed by atoms with E-state index in [1.807, 2.05) is 0 Å². The Hall–Kier alpha value is -1.30. The molecule has 0 amide bonds. The lowest BCUT2D eigenvalue weighted by Crippen LogP contribution is -2.28. The summed E-state index contributed by atoms with van der Waals surface area (Å²) in [6.45, 7) is 0.564. The van der Waals surface area contributed by atoms with E-state index in [1.54, 1.807) is 4.90 Å². The molecule has 0 saturated carbocycles. The number of rotatable bonds is 2. The monoisotopic (exact) mass is 275 g/mol. The highest BCUT2D eigenvalue weighted by Crippen LogP contribution is 2.30. The van der Waals surface area contributed by atoms with Gasteiger partial charge in [-0.2, -0.15) is 0 Å². The quantitative estimate of drug-likeness (QED) is 0.778. The van der Waals surface area contributed by atoms with Crippen LogP contribution in [0.3, 0.4) is 0 Å². The topological polar surface area (TPSA) is 46.1 Å². The van der Waals surface area contributed by atoms with E-state index >= 15 is 0 Å². The highest BCUT2D eigenvalue weighted by Gasteiger charge is 2.32. The Morgan fingerprint density at radius 2 is 2.17 bits per heavy atom. The van der Waals surface area contributed by atoms with Crippen LogP contribution in [-0.2, 0) is 0 Å². The van der Waals surface area contributed by atoms with Crippen LogP contribution in [0.5, 0.6) is 0 Å². The average Bonchev–Trinajstić information content (AvgIpc) is 2.50. The van der Waals surface area contributed by atoms with Crippen molar-refractivity contribution in [1.29, 1.82) is 0 Å². The van der Waals surface area contributed by atoms with E-state index in [4.69, 9.17) is 11.6 Å². The minimum atomic E-state index is -2.65. The molecule has 0 atom stereocenters. The van der Waals surface area contributed by atoms with Crippen LogP contribution >= 0.6 is 11.6 Å². The first-order valence-corrected chi connectivity index (χ1v) is 6.00. The number of aromatic nitrogens is 2. The minimum Gasteiger partial charge on any atom is -0.354 e. The molecule has 1 aromatic heterocycles. The van der Waals surface area contributed by atoms with Gasteiger partial charge in [-0.3, -0.25) is 4.79 Å². The largest absolute Gasteiger partial charge is 0.354 e. The fraction of sp³-hybridized carbons (Fsp3) is 0.545. The molecule has 18 heavy (non-hydrogen) atoms. The lowest BCUT2D eigenvalue weighted by atomic mass is 10.1. The summed E-state index contributed by atoms with van der Waals surface area (Å²) < 4.78 is 26.5. The lowest BCUT2D eigenvalue weighted by molar-refractivity contribution is -0.0102. The molecule has 0 aromatic carbocycles. The Labute approximate surface area is 108 Å². The average molecular weight is 276 g/mol. The van der Waals surface area contributed by atoms with Crippen molar-refractivity contribution >= 4 is 23.7 Å². The molecule has 98 valence electrons. The zero-order chi connectivity index (χ0) is 13.2. The summed E-state index contributed by atoms with van der Waals surface area (Å²) in [6, 6.07) is 0. The van der Waals surface area contributed by atoms with E-state index in [0.717, 1.165) is 0 Å². The van der Waals surface area contributed by atoms with Crippen molar-refractivity contribution in [3.05, 3.63) is 17.0 Å². The van der Waals surface area contributed by atoms with Crippen LogP contribution in [0.2, 0.25) is 5.15 Å². The van der Waals surface area contributed by atoms with Crippen LogP contribution in [-0.4, -0.2) is 35.3 Å². The molecule has 1 aliphatic rings. The van der Waals surface area contributed by atoms with Crippen LogP contribution in [0.25, 0.3) is 0 Å². The van der Waals surface area contributed by atoms with Crippen molar-refractivity contribution in [3.8, 4) is 0 Å². The highest BCUT2D eigenvalue weighted by atomic mass is 35.5. The van der Waals surface area contributed by atoms with Gasteiger partial charge < -0.3 is 4.90 Å². The first kappa shape index (κ1) is 13.1. The number of carbonyl (C=O) groups excluding carboxylic acids is 1. The van der Waals surface area contributed by atoms with Crippen molar-refractivity contribution < 1.29 is 13.6 Å². The Balaban J connectivity index is 2.25. The van der Waals surface area contributed by atoms with Crippen molar-refractivity contribution in [1.82, 2.24) is 9.97 Å². The van der Waals surface area contributed by atoms with E-state index in [1.165, 1.54) is 6.20 Å². The third-order valence-electron chi connectivity index (χ3n) is 2.88. The van der Waals surface area contributed by atoms with Crippen molar-refractivity contribution in [2.24, 2.45) is 0 Å². The number of carbonyl (C=O) groups is 1. The van der Waals surface area contributed by atoms with Crippen LogP contribution in [0.4, 0.5) is 14.6 Å². The number of alkyl halides is 2. The number of halogens is 3. The second kappa shape index (κ2) is 5.14. The second-order valence-electron chi connectivity index (χ2n) is 4.22. The van der Waals surface area contributed by atoms with Crippen LogP contribution in [0, 0.1) is 0 Å². The van der Waals surface area contributed by atoms with Gasteiger partial charge in [0.1, 0.15) is 10.8 Å². The van der Waals surface area contributed by atoms with Gasteiger partial charge in [-0.25, -0.2) is 18.7 Å². The zero-order valence-corrected chi connectivity index (χ0v) is 10.3. The first-order chi connectivity index (χ1) is 8.52. The number of nitrogens with zero attached hydrogens (tertiary/aromatic N) is 3. The molecular weight excluding hydrogens is 264 g/mol. The minimum absolute atomic E-state index is 0.129. The van der Waals surface area contributed by atoms with Gasteiger partial charge in [0.05, 0.1) is 6.20 Å². The summed E-state index contributed by atoms with van der Waals surface area (Å²) in [5.41, 5.74) is 0.129. The summed E-state index contributed by atoms with van der Waals surface area (Å²) in [5.74, 6) is -2.36. The summed E-state index contributed by atoms with van der Waals surface area (Å²) in [4.78, 5) is 20.4. The van der Waals surface area contributed by atoms with Gasteiger partial charge in [0.2, 0.25) is 5.92 Å². The molecule has 7 heteroatoms. The van der Waals surface area contributed by atoms with Crippen molar-refractivity contribution in [2.75, 3.05) is 18.0 Å². The molecule has 2 heterocycles. The van der Waals surface area contributed by atoms with E-state index in [9.17, 15) is 13.6 Å².